The summed E-state index contributed by atoms with van der Waals surface area (Å²) in [4.78, 5) is 7.73. The molecule has 0 bridgehead atoms. The Bertz CT molecular complexity index is 939. The van der Waals surface area contributed by atoms with Crippen LogP contribution in [0.2, 0.25) is 0 Å². The van der Waals surface area contributed by atoms with Crippen LogP contribution in [0.25, 0.3) is 19.5 Å². The second kappa shape index (κ2) is 6.81. The smallest absolute Gasteiger partial charge is 0.180 e. The maximum absolute atomic E-state index is 5.96. The first-order valence-electron chi connectivity index (χ1n) is 8.57. The Morgan fingerprint density at radius 3 is 1.59 bits per heavy atom. The highest BCUT2D eigenvalue weighted by Crippen LogP contribution is 2.60. The first-order valence-corrected chi connectivity index (χ1v) is 13.1. The fraction of sp³-hybridized carbons (Fsp3) is 0.333. The molecule has 6 rings (SSSR count). The molecule has 3 aromatic heterocycles. The lowest BCUT2D eigenvalue weighted by Crippen LogP contribution is -2.14. The van der Waals surface area contributed by atoms with E-state index >= 15 is 0 Å². The molecular formula is C18H14O4S5. The summed E-state index contributed by atoms with van der Waals surface area (Å²) in [5.74, 6) is 5.84. The van der Waals surface area contributed by atoms with E-state index in [9.17, 15) is 0 Å². The topological polar surface area (TPSA) is 36.9 Å². The fourth-order valence-corrected chi connectivity index (χ4v) is 9.77. The summed E-state index contributed by atoms with van der Waals surface area (Å²) in [5.41, 5.74) is 0. The zero-order valence-electron chi connectivity index (χ0n) is 14.1. The Balaban J connectivity index is 1.53. The molecular weight excluding hydrogens is 441 g/mol. The third kappa shape index (κ3) is 2.70. The molecule has 0 atom stereocenters. The lowest BCUT2D eigenvalue weighted by atomic mass is 10.3. The van der Waals surface area contributed by atoms with Crippen LogP contribution in [0.1, 0.15) is 0 Å². The molecule has 0 unspecified atom stereocenters. The number of thiophene rings is 3. The summed E-state index contributed by atoms with van der Waals surface area (Å²) in [6.07, 6.45) is 0. The fourth-order valence-electron chi connectivity index (χ4n) is 3.29. The Morgan fingerprint density at radius 2 is 1.07 bits per heavy atom. The van der Waals surface area contributed by atoms with Crippen molar-refractivity contribution < 1.29 is 18.9 Å². The first kappa shape index (κ1) is 16.9. The van der Waals surface area contributed by atoms with Crippen LogP contribution in [-0.2, 0) is 0 Å². The highest BCUT2D eigenvalue weighted by atomic mass is 32.2. The maximum atomic E-state index is 5.96. The predicted octanol–water partition coefficient (Wildman–Crippen LogP) is 5.95. The van der Waals surface area contributed by atoms with Gasteiger partial charge in [0.25, 0.3) is 0 Å². The van der Waals surface area contributed by atoms with Crippen molar-refractivity contribution in [3.63, 3.8) is 0 Å². The van der Waals surface area contributed by atoms with E-state index in [1.807, 2.05) is 34.9 Å². The normalized spacial score (nSPS) is 17.6. The second-order valence-electron chi connectivity index (χ2n) is 6.03. The van der Waals surface area contributed by atoms with E-state index in [4.69, 9.17) is 18.9 Å². The van der Waals surface area contributed by atoms with Gasteiger partial charge in [-0.2, -0.15) is 0 Å². The van der Waals surface area contributed by atoms with Crippen LogP contribution in [0, 0.1) is 0 Å². The van der Waals surface area contributed by atoms with Crippen LogP contribution >= 0.6 is 57.5 Å². The van der Waals surface area contributed by atoms with Crippen molar-refractivity contribution in [1.29, 1.82) is 0 Å². The van der Waals surface area contributed by atoms with Gasteiger partial charge >= 0.3 is 0 Å². The molecule has 6 heterocycles. The quantitative estimate of drug-likeness (QED) is 0.477. The van der Waals surface area contributed by atoms with E-state index in [-0.39, 0.29) is 0 Å². The number of fused-ring (bicyclic) bond motifs is 3. The predicted molar refractivity (Wildman–Crippen MR) is 114 cm³/mol. The highest BCUT2D eigenvalue weighted by Gasteiger charge is 2.31. The average molecular weight is 455 g/mol. The first-order chi connectivity index (χ1) is 13.4. The van der Waals surface area contributed by atoms with Gasteiger partial charge in [0.15, 0.2) is 23.0 Å². The minimum atomic E-state index is 0.614. The van der Waals surface area contributed by atoms with Gasteiger partial charge in [-0.25, -0.2) is 0 Å². The van der Waals surface area contributed by atoms with Crippen molar-refractivity contribution in [2.75, 3.05) is 37.9 Å². The Kier molecular flexibility index (Phi) is 4.26. The monoisotopic (exact) mass is 454 g/mol. The number of ether oxygens (including phenoxy) is 4. The minimum Gasteiger partial charge on any atom is -0.485 e. The van der Waals surface area contributed by atoms with E-state index < -0.39 is 0 Å². The van der Waals surface area contributed by atoms with E-state index in [1.165, 1.54) is 29.3 Å². The van der Waals surface area contributed by atoms with Crippen LogP contribution in [0.3, 0.4) is 0 Å². The van der Waals surface area contributed by atoms with E-state index in [1.54, 1.807) is 22.7 Å². The van der Waals surface area contributed by atoms with Gasteiger partial charge in [0.2, 0.25) is 0 Å². The molecule has 0 amide bonds. The zero-order chi connectivity index (χ0) is 17.8. The van der Waals surface area contributed by atoms with Crippen LogP contribution in [0.15, 0.2) is 20.6 Å². The van der Waals surface area contributed by atoms with Gasteiger partial charge in [-0.3, -0.25) is 0 Å². The third-order valence-corrected chi connectivity index (χ3v) is 10.7. The third-order valence-electron chi connectivity index (χ3n) is 4.41. The zero-order valence-corrected chi connectivity index (χ0v) is 18.2. The lowest BCUT2D eigenvalue weighted by molar-refractivity contribution is 0.174. The molecule has 3 aromatic rings. The van der Waals surface area contributed by atoms with Crippen molar-refractivity contribution in [3.8, 4) is 42.5 Å². The van der Waals surface area contributed by atoms with Gasteiger partial charge in [-0.1, -0.05) is 0 Å². The SMILES string of the molecule is c1sc(-c2sc(-c3scc4c3OCCO4)c3c2SCCS3)c2c1OCCO2. The second-order valence-corrected chi connectivity index (χ2v) is 11.0. The van der Waals surface area contributed by atoms with Gasteiger partial charge in [-0.15, -0.1) is 57.5 Å². The Labute approximate surface area is 176 Å². The van der Waals surface area contributed by atoms with Gasteiger partial charge in [0, 0.05) is 32.1 Å². The molecule has 4 nitrogen and oxygen atoms in total. The summed E-state index contributed by atoms with van der Waals surface area (Å²) < 4.78 is 23.5. The molecule has 3 aliphatic heterocycles. The van der Waals surface area contributed by atoms with Crippen LogP contribution in [0.4, 0.5) is 0 Å². The van der Waals surface area contributed by atoms with E-state index in [0.29, 0.717) is 26.4 Å². The Morgan fingerprint density at radius 1 is 0.593 bits per heavy atom. The average Bonchev–Trinajstić information content (AvgIpc) is 3.42. The molecule has 9 heteroatoms. The van der Waals surface area contributed by atoms with Gasteiger partial charge < -0.3 is 18.9 Å². The van der Waals surface area contributed by atoms with Crippen LogP contribution in [0.5, 0.6) is 23.0 Å². The lowest BCUT2D eigenvalue weighted by Gasteiger charge is -2.17. The van der Waals surface area contributed by atoms with E-state index in [0.717, 1.165) is 34.5 Å². The van der Waals surface area contributed by atoms with Gasteiger partial charge in [0.1, 0.15) is 26.4 Å². The summed E-state index contributed by atoms with van der Waals surface area (Å²) in [5, 5.41) is 4.14. The number of hydrogen-bond donors (Lipinski definition) is 0. The van der Waals surface area contributed by atoms with Crippen molar-refractivity contribution in [2.45, 2.75) is 9.79 Å². The Hall–Kier alpha value is -1.00. The number of thioether (sulfide) groups is 2. The van der Waals surface area contributed by atoms with Crippen molar-refractivity contribution in [2.24, 2.45) is 0 Å². The van der Waals surface area contributed by atoms with Crippen LogP contribution < -0.4 is 18.9 Å². The molecule has 0 radical (unpaired) electrons. The van der Waals surface area contributed by atoms with Crippen LogP contribution in [-0.4, -0.2) is 37.9 Å². The molecule has 0 N–H and O–H groups in total. The summed E-state index contributed by atoms with van der Waals surface area (Å²) in [6.45, 7) is 2.48. The van der Waals surface area contributed by atoms with Gasteiger partial charge in [0.05, 0.1) is 19.5 Å². The number of rotatable bonds is 2. The van der Waals surface area contributed by atoms with E-state index in [2.05, 4.69) is 10.8 Å². The molecule has 0 aromatic carbocycles. The molecule has 27 heavy (non-hydrogen) atoms. The largest absolute Gasteiger partial charge is 0.485 e. The highest BCUT2D eigenvalue weighted by molar-refractivity contribution is 8.06. The molecule has 0 fully saturated rings. The van der Waals surface area contributed by atoms with Crippen molar-refractivity contribution in [1.82, 2.24) is 0 Å². The number of hydrogen-bond acceptors (Lipinski definition) is 9. The van der Waals surface area contributed by atoms with Crippen molar-refractivity contribution >= 4 is 57.5 Å². The molecule has 3 aliphatic rings. The standard InChI is InChI=1S/C18H14O4S5/c1-3-21-11-9(19-1)7-25-13(11)17-15-16(24-6-5-23-15)18(27-17)14-12-10(8-26-14)20-2-4-22-12/h7-8H,1-6H2. The molecule has 0 saturated carbocycles. The van der Waals surface area contributed by atoms with Crippen molar-refractivity contribution in [3.05, 3.63) is 10.8 Å². The summed E-state index contributed by atoms with van der Waals surface area (Å²) in [7, 11) is 0. The minimum absolute atomic E-state index is 0.614. The maximum Gasteiger partial charge on any atom is 0.180 e. The molecule has 0 aliphatic carbocycles. The molecule has 0 saturated heterocycles. The molecule has 140 valence electrons. The van der Waals surface area contributed by atoms with Gasteiger partial charge in [-0.05, 0) is 0 Å². The molecule has 0 spiro atoms. The summed E-state index contributed by atoms with van der Waals surface area (Å²) >= 11 is 9.18. The summed E-state index contributed by atoms with van der Waals surface area (Å²) in [6, 6.07) is 0.